The van der Waals surface area contributed by atoms with Gasteiger partial charge in [-0.05, 0) is 18.6 Å². The van der Waals surface area contributed by atoms with Gasteiger partial charge in [0.1, 0.15) is 5.69 Å². The number of benzene rings is 1. The van der Waals surface area contributed by atoms with E-state index in [1.54, 1.807) is 11.1 Å². The molecule has 0 saturated heterocycles. The molecule has 4 heteroatoms. The van der Waals surface area contributed by atoms with Crippen molar-refractivity contribution in [2.24, 2.45) is 0 Å². The molecule has 0 aliphatic carbocycles. The first kappa shape index (κ1) is 11.7. The lowest BCUT2D eigenvalue weighted by molar-refractivity contribution is -0.121. The molecule has 0 fully saturated rings. The fourth-order valence-corrected chi connectivity index (χ4v) is 2.22. The number of hydrogen-bond donors (Lipinski definition) is 0. The third-order valence-corrected chi connectivity index (χ3v) is 3.18. The van der Waals surface area contributed by atoms with Crippen molar-refractivity contribution >= 4 is 11.6 Å². The van der Waals surface area contributed by atoms with Gasteiger partial charge in [0.25, 0.3) is 5.91 Å². The molecule has 0 spiro atoms. The molecule has 96 valence electrons. The minimum absolute atomic E-state index is 0.0259. The number of carbonyl (C=O) groups excluding carboxylic acids is 1. The maximum Gasteiger partial charge on any atom is 0.265 e. The van der Waals surface area contributed by atoms with Gasteiger partial charge in [0.15, 0.2) is 6.61 Å². The lowest BCUT2D eigenvalue weighted by Gasteiger charge is -2.27. The molecule has 0 saturated carbocycles. The Morgan fingerprint density at radius 1 is 1.26 bits per heavy atom. The average molecular weight is 254 g/mol. The van der Waals surface area contributed by atoms with Crippen LogP contribution in [0.5, 0.6) is 5.88 Å². The van der Waals surface area contributed by atoms with Gasteiger partial charge in [-0.25, -0.2) is 4.98 Å². The summed E-state index contributed by atoms with van der Waals surface area (Å²) in [5, 5.41) is 0. The number of nitrogens with zero attached hydrogens (tertiary/aromatic N) is 2. The van der Waals surface area contributed by atoms with Crippen LogP contribution >= 0.6 is 0 Å². The van der Waals surface area contributed by atoms with Gasteiger partial charge >= 0.3 is 0 Å². The highest BCUT2D eigenvalue weighted by molar-refractivity contribution is 5.98. The number of rotatable bonds is 2. The molecule has 1 aliphatic rings. The second-order valence-electron chi connectivity index (χ2n) is 4.34. The molecule has 2 heterocycles. The molecule has 2 aromatic rings. The van der Waals surface area contributed by atoms with E-state index in [9.17, 15) is 4.79 Å². The van der Waals surface area contributed by atoms with Crippen LogP contribution in [-0.4, -0.2) is 24.0 Å². The maximum atomic E-state index is 11.8. The molecule has 0 N–H and O–H groups in total. The zero-order valence-electron chi connectivity index (χ0n) is 10.7. The van der Waals surface area contributed by atoms with Crippen LogP contribution in [0.2, 0.25) is 0 Å². The summed E-state index contributed by atoms with van der Waals surface area (Å²) in [6.45, 7) is 2.63. The quantitative estimate of drug-likeness (QED) is 0.827. The van der Waals surface area contributed by atoms with Gasteiger partial charge in [0, 0.05) is 18.3 Å². The highest BCUT2D eigenvalue weighted by atomic mass is 16.5. The van der Waals surface area contributed by atoms with Crippen LogP contribution in [0.1, 0.15) is 6.92 Å². The number of anilines is 1. The molecule has 4 nitrogen and oxygen atoms in total. The van der Waals surface area contributed by atoms with Crippen molar-refractivity contribution in [2.45, 2.75) is 6.92 Å². The van der Waals surface area contributed by atoms with Crippen molar-refractivity contribution in [3.8, 4) is 17.0 Å². The van der Waals surface area contributed by atoms with Crippen LogP contribution in [0.25, 0.3) is 11.1 Å². The minimum Gasteiger partial charge on any atom is -0.466 e. The molecule has 1 aliphatic heterocycles. The van der Waals surface area contributed by atoms with E-state index in [0.717, 1.165) is 16.8 Å². The second kappa shape index (κ2) is 4.72. The summed E-state index contributed by atoms with van der Waals surface area (Å²) >= 11 is 0. The number of hydrogen-bond acceptors (Lipinski definition) is 3. The Morgan fingerprint density at radius 3 is 2.79 bits per heavy atom. The SMILES string of the molecule is CCN1C(=O)COc2ncc(-c3ccccc3)cc21. The van der Waals surface area contributed by atoms with Gasteiger partial charge in [-0.15, -0.1) is 0 Å². The largest absolute Gasteiger partial charge is 0.466 e. The van der Waals surface area contributed by atoms with E-state index in [4.69, 9.17) is 4.74 Å². The Kier molecular flexibility index (Phi) is 2.91. The van der Waals surface area contributed by atoms with Crippen molar-refractivity contribution in [3.63, 3.8) is 0 Å². The van der Waals surface area contributed by atoms with Gasteiger partial charge in [-0.1, -0.05) is 30.3 Å². The number of likely N-dealkylation sites (N-methyl/N-ethyl adjacent to an activating group) is 1. The van der Waals surface area contributed by atoms with E-state index >= 15 is 0 Å². The predicted octanol–water partition coefficient (Wildman–Crippen LogP) is 2.49. The molecule has 3 rings (SSSR count). The number of amides is 1. The van der Waals surface area contributed by atoms with Gasteiger partial charge in [-0.3, -0.25) is 4.79 Å². The predicted molar refractivity (Wildman–Crippen MR) is 73.2 cm³/mol. The van der Waals surface area contributed by atoms with Crippen LogP contribution in [0, 0.1) is 0 Å². The van der Waals surface area contributed by atoms with Crippen LogP contribution in [0.15, 0.2) is 42.6 Å². The number of ether oxygens (including phenoxy) is 1. The van der Waals surface area contributed by atoms with Crippen molar-refractivity contribution in [2.75, 3.05) is 18.1 Å². The third kappa shape index (κ3) is 2.05. The Morgan fingerprint density at radius 2 is 2.05 bits per heavy atom. The summed E-state index contributed by atoms with van der Waals surface area (Å²) in [7, 11) is 0. The fraction of sp³-hybridized carbons (Fsp3) is 0.200. The molecular formula is C15H14N2O2. The highest BCUT2D eigenvalue weighted by Gasteiger charge is 2.25. The lowest BCUT2D eigenvalue weighted by atomic mass is 10.1. The van der Waals surface area contributed by atoms with Crippen molar-refractivity contribution in [1.29, 1.82) is 0 Å². The molecule has 1 aromatic heterocycles. The van der Waals surface area contributed by atoms with Crippen molar-refractivity contribution in [1.82, 2.24) is 4.98 Å². The van der Waals surface area contributed by atoms with E-state index < -0.39 is 0 Å². The van der Waals surface area contributed by atoms with E-state index in [1.165, 1.54) is 0 Å². The van der Waals surface area contributed by atoms with Gasteiger partial charge < -0.3 is 9.64 Å². The number of aromatic nitrogens is 1. The first-order valence-electron chi connectivity index (χ1n) is 6.28. The summed E-state index contributed by atoms with van der Waals surface area (Å²) in [6.07, 6.45) is 1.78. The molecule has 0 atom stereocenters. The smallest absolute Gasteiger partial charge is 0.265 e. The summed E-state index contributed by atoms with van der Waals surface area (Å²) in [6, 6.07) is 11.9. The first-order valence-corrected chi connectivity index (χ1v) is 6.28. The van der Waals surface area contributed by atoms with Crippen LogP contribution in [0.4, 0.5) is 5.69 Å². The molecule has 0 unspecified atom stereocenters. The average Bonchev–Trinajstić information content (AvgIpc) is 2.47. The normalized spacial score (nSPS) is 13.9. The van der Waals surface area contributed by atoms with Gasteiger partial charge in [0.2, 0.25) is 5.88 Å². The van der Waals surface area contributed by atoms with E-state index in [1.807, 2.05) is 43.3 Å². The minimum atomic E-state index is -0.0259. The Bertz CT molecular complexity index is 611. The van der Waals surface area contributed by atoms with Crippen LogP contribution in [-0.2, 0) is 4.79 Å². The van der Waals surface area contributed by atoms with E-state index in [-0.39, 0.29) is 12.5 Å². The molecule has 1 aromatic carbocycles. The first-order chi connectivity index (χ1) is 9.29. The topological polar surface area (TPSA) is 42.4 Å². The lowest BCUT2D eigenvalue weighted by Crippen LogP contribution is -2.38. The van der Waals surface area contributed by atoms with Crippen molar-refractivity contribution < 1.29 is 9.53 Å². The summed E-state index contributed by atoms with van der Waals surface area (Å²) in [5.74, 6) is 0.503. The van der Waals surface area contributed by atoms with Gasteiger partial charge in [0.05, 0.1) is 0 Å². The third-order valence-electron chi connectivity index (χ3n) is 3.18. The summed E-state index contributed by atoms with van der Waals surface area (Å²) in [4.78, 5) is 17.8. The summed E-state index contributed by atoms with van der Waals surface area (Å²) in [5.41, 5.74) is 2.81. The Balaban J connectivity index is 2.08. The zero-order valence-corrected chi connectivity index (χ0v) is 10.7. The Labute approximate surface area is 111 Å². The van der Waals surface area contributed by atoms with E-state index in [2.05, 4.69) is 4.98 Å². The molecule has 1 amide bonds. The van der Waals surface area contributed by atoms with E-state index in [0.29, 0.717) is 12.4 Å². The molecule has 19 heavy (non-hydrogen) atoms. The monoisotopic (exact) mass is 254 g/mol. The van der Waals surface area contributed by atoms with Crippen LogP contribution < -0.4 is 9.64 Å². The molecule has 0 radical (unpaired) electrons. The van der Waals surface area contributed by atoms with Crippen molar-refractivity contribution in [3.05, 3.63) is 42.6 Å². The Hall–Kier alpha value is -2.36. The van der Waals surface area contributed by atoms with Gasteiger partial charge in [-0.2, -0.15) is 0 Å². The molecular weight excluding hydrogens is 240 g/mol. The molecule has 0 bridgehead atoms. The number of fused-ring (bicyclic) bond motifs is 1. The highest BCUT2D eigenvalue weighted by Crippen LogP contribution is 2.33. The number of carbonyl (C=O) groups is 1. The zero-order chi connectivity index (χ0) is 13.2. The fourth-order valence-electron chi connectivity index (χ4n) is 2.22. The van der Waals surface area contributed by atoms with Crippen LogP contribution in [0.3, 0.4) is 0 Å². The summed E-state index contributed by atoms with van der Waals surface area (Å²) < 4.78 is 5.36. The second-order valence-corrected chi connectivity index (χ2v) is 4.34. The number of pyridine rings is 1. The maximum absolute atomic E-state index is 11.8. The standard InChI is InChI=1S/C15H14N2O2/c1-2-17-13-8-12(11-6-4-3-5-7-11)9-16-15(13)19-10-14(17)18/h3-9H,2,10H2,1H3.